The summed E-state index contributed by atoms with van der Waals surface area (Å²) in [6, 6.07) is 0. The van der Waals surface area contributed by atoms with Crippen molar-refractivity contribution < 1.29 is 42.1 Å². The Kier molecular flexibility index (Phi) is 63.8. The molecular formula is C73H142NO8P. The molecule has 0 rings (SSSR count). The first-order valence-electron chi connectivity index (χ1n) is 36.5. The van der Waals surface area contributed by atoms with Crippen LogP contribution in [0.15, 0.2) is 24.3 Å². The predicted octanol–water partition coefficient (Wildman–Crippen LogP) is 23.0. The minimum atomic E-state index is -4.64. The molecule has 2 unspecified atom stereocenters. The van der Waals surface area contributed by atoms with E-state index >= 15 is 0 Å². The molecule has 0 N–H and O–H groups in total. The van der Waals surface area contributed by atoms with E-state index in [1.54, 1.807) is 0 Å². The Morgan fingerprint density at radius 1 is 0.373 bits per heavy atom. The van der Waals surface area contributed by atoms with Gasteiger partial charge in [0.05, 0.1) is 27.7 Å². The fourth-order valence-electron chi connectivity index (χ4n) is 11.1. The maximum Gasteiger partial charge on any atom is 0.306 e. The minimum absolute atomic E-state index is 0.0290. The first-order chi connectivity index (χ1) is 40.5. The van der Waals surface area contributed by atoms with Crippen molar-refractivity contribution in [3.63, 3.8) is 0 Å². The Morgan fingerprint density at radius 2 is 0.651 bits per heavy atom. The van der Waals surface area contributed by atoms with Crippen molar-refractivity contribution in [2.24, 2.45) is 0 Å². The maximum absolute atomic E-state index is 12.8. The zero-order valence-electron chi connectivity index (χ0n) is 56.2. The van der Waals surface area contributed by atoms with Gasteiger partial charge in [0.1, 0.15) is 19.8 Å². The Morgan fingerprint density at radius 3 is 0.952 bits per heavy atom. The molecule has 0 radical (unpaired) electrons. The maximum atomic E-state index is 12.8. The highest BCUT2D eigenvalue weighted by Crippen LogP contribution is 2.38. The van der Waals surface area contributed by atoms with Crippen LogP contribution in [0.1, 0.15) is 380 Å². The summed E-state index contributed by atoms with van der Waals surface area (Å²) in [4.78, 5) is 38.0. The molecule has 0 saturated heterocycles. The molecule has 2 atom stereocenters. The molecule has 0 aliphatic rings. The van der Waals surface area contributed by atoms with Gasteiger partial charge in [0.15, 0.2) is 6.10 Å². The van der Waals surface area contributed by atoms with Crippen LogP contribution in [-0.4, -0.2) is 70.0 Å². The number of hydrogen-bond donors (Lipinski definition) is 0. The Hall–Kier alpha value is -1.51. The summed E-state index contributed by atoms with van der Waals surface area (Å²) in [5, 5.41) is 0. The third-order valence-corrected chi connectivity index (χ3v) is 17.7. The summed E-state index contributed by atoms with van der Waals surface area (Å²) < 4.78 is 34.3. The molecule has 0 bridgehead atoms. The summed E-state index contributed by atoms with van der Waals surface area (Å²) in [5.74, 6) is -0.818. The third-order valence-electron chi connectivity index (χ3n) is 16.7. The van der Waals surface area contributed by atoms with Crippen LogP contribution in [0, 0.1) is 0 Å². The van der Waals surface area contributed by atoms with E-state index in [1.807, 2.05) is 21.1 Å². The van der Waals surface area contributed by atoms with E-state index in [2.05, 4.69) is 38.2 Å². The molecule has 0 amide bonds. The SMILES string of the molecule is CCCCCCC/C=C\C/C=C\CCCCCCCCCCCC(=O)OC(COC(=O)CCCCCCCCCCCCCCCCCCCCCCCCCCCCCCCCCCCCCCCC)COP(=O)([O-])OCC[N+](C)(C)C. The van der Waals surface area contributed by atoms with E-state index in [9.17, 15) is 19.0 Å². The van der Waals surface area contributed by atoms with Gasteiger partial charge < -0.3 is 27.9 Å². The summed E-state index contributed by atoms with van der Waals surface area (Å²) in [5.41, 5.74) is 0. The van der Waals surface area contributed by atoms with Crippen LogP contribution in [0.25, 0.3) is 0 Å². The lowest BCUT2D eigenvalue weighted by molar-refractivity contribution is -0.870. The molecule has 10 heteroatoms. The second-order valence-corrected chi connectivity index (χ2v) is 27.7. The third kappa shape index (κ3) is 69.5. The number of unbranched alkanes of at least 4 members (excludes halogenated alkanes) is 51. The largest absolute Gasteiger partial charge is 0.756 e. The van der Waals surface area contributed by atoms with E-state index in [1.165, 1.54) is 295 Å². The first-order valence-corrected chi connectivity index (χ1v) is 38.0. The average Bonchev–Trinajstić information content (AvgIpc) is 3.49. The van der Waals surface area contributed by atoms with Crippen LogP contribution >= 0.6 is 7.82 Å². The highest BCUT2D eigenvalue weighted by atomic mass is 31.2. The number of likely N-dealkylation sites (N-methyl/N-ethyl adjacent to an activating group) is 1. The molecule has 0 aliphatic carbocycles. The van der Waals surface area contributed by atoms with Crippen LogP contribution in [0.3, 0.4) is 0 Å². The monoisotopic (exact) mass is 1190 g/mol. The van der Waals surface area contributed by atoms with Gasteiger partial charge in [0.25, 0.3) is 7.82 Å². The van der Waals surface area contributed by atoms with Gasteiger partial charge in [-0.3, -0.25) is 14.2 Å². The fourth-order valence-corrected chi connectivity index (χ4v) is 11.8. The number of rotatable bonds is 69. The van der Waals surface area contributed by atoms with Crippen LogP contribution in [0.5, 0.6) is 0 Å². The molecule has 83 heavy (non-hydrogen) atoms. The average molecular weight is 1190 g/mol. The van der Waals surface area contributed by atoms with Crippen molar-refractivity contribution in [2.75, 3.05) is 47.5 Å². The Labute approximate surface area is 517 Å². The van der Waals surface area contributed by atoms with Gasteiger partial charge in [0.2, 0.25) is 0 Å². The van der Waals surface area contributed by atoms with Gasteiger partial charge in [-0.2, -0.15) is 0 Å². The van der Waals surface area contributed by atoms with Crippen molar-refractivity contribution in [1.82, 2.24) is 0 Å². The number of esters is 2. The van der Waals surface area contributed by atoms with E-state index < -0.39 is 26.5 Å². The molecule has 0 aromatic carbocycles. The number of carbonyl (C=O) groups is 2. The molecule has 0 saturated carbocycles. The molecule has 9 nitrogen and oxygen atoms in total. The lowest BCUT2D eigenvalue weighted by atomic mass is 10.0. The summed E-state index contributed by atoms with van der Waals surface area (Å²) >= 11 is 0. The second-order valence-electron chi connectivity index (χ2n) is 26.3. The van der Waals surface area contributed by atoms with Crippen molar-refractivity contribution >= 4 is 19.8 Å². The standard InChI is InChI=1S/C73H142NO8P/c1-6-8-10-12-14-16-18-20-22-24-26-28-29-30-31-32-33-34-35-36-37-38-39-40-41-42-43-44-46-47-49-51-53-55-57-59-61-63-65-72(75)79-69-71(70-81-83(77,78)80-68-67-74(3,4)5)82-73(76)66-64-62-60-58-56-54-52-50-48-45-27-25-23-21-19-17-15-13-11-9-7-2/h19,21,25,27,71H,6-18,20,22-24,26,28-70H2,1-5H3/b21-19-,27-25-. The first kappa shape index (κ1) is 81.5. The van der Waals surface area contributed by atoms with Gasteiger partial charge >= 0.3 is 11.9 Å². The number of phosphoric acid groups is 1. The molecule has 0 fully saturated rings. The van der Waals surface area contributed by atoms with Crippen molar-refractivity contribution in [3.05, 3.63) is 24.3 Å². The van der Waals surface area contributed by atoms with Crippen LogP contribution in [-0.2, 0) is 32.7 Å². The number of carbonyl (C=O) groups excluding carboxylic acids is 2. The second kappa shape index (κ2) is 64.9. The summed E-state index contributed by atoms with van der Waals surface area (Å²) in [6.45, 7) is 4.29. The lowest BCUT2D eigenvalue weighted by Crippen LogP contribution is -2.37. The van der Waals surface area contributed by atoms with Gasteiger partial charge in [-0.05, 0) is 44.9 Å². The highest BCUT2D eigenvalue weighted by molar-refractivity contribution is 7.45. The van der Waals surface area contributed by atoms with Gasteiger partial charge in [-0.25, -0.2) is 0 Å². The van der Waals surface area contributed by atoms with Gasteiger partial charge in [-0.15, -0.1) is 0 Å². The number of nitrogens with zero attached hydrogens (tertiary/aromatic N) is 1. The number of phosphoric ester groups is 1. The lowest BCUT2D eigenvalue weighted by Gasteiger charge is -2.28. The molecule has 0 heterocycles. The molecule has 492 valence electrons. The Balaban J connectivity index is 3.89. The van der Waals surface area contributed by atoms with E-state index in [0.717, 1.165) is 51.4 Å². The van der Waals surface area contributed by atoms with Crippen LogP contribution in [0.4, 0.5) is 0 Å². The summed E-state index contributed by atoms with van der Waals surface area (Å²) in [6.07, 6.45) is 81.5. The van der Waals surface area contributed by atoms with E-state index in [0.29, 0.717) is 17.4 Å². The van der Waals surface area contributed by atoms with Crippen molar-refractivity contribution in [2.45, 2.75) is 386 Å². The summed E-state index contributed by atoms with van der Waals surface area (Å²) in [7, 11) is 1.18. The number of hydrogen-bond acceptors (Lipinski definition) is 8. The topological polar surface area (TPSA) is 111 Å². The zero-order valence-corrected chi connectivity index (χ0v) is 57.1. The quantitative estimate of drug-likeness (QED) is 0.0195. The number of quaternary nitrogens is 1. The van der Waals surface area contributed by atoms with Crippen molar-refractivity contribution in [3.8, 4) is 0 Å². The normalized spacial score (nSPS) is 13.2. The minimum Gasteiger partial charge on any atom is -0.756 e. The predicted molar refractivity (Wildman–Crippen MR) is 356 cm³/mol. The van der Waals surface area contributed by atoms with Crippen LogP contribution in [0.2, 0.25) is 0 Å². The molecule has 0 aromatic rings. The number of ether oxygens (including phenoxy) is 2. The molecular weight excluding hydrogens is 1050 g/mol. The smallest absolute Gasteiger partial charge is 0.306 e. The molecule has 0 aromatic heterocycles. The highest BCUT2D eigenvalue weighted by Gasteiger charge is 2.22. The zero-order chi connectivity index (χ0) is 60.5. The number of allylic oxidation sites excluding steroid dienone is 4. The molecule has 0 aliphatic heterocycles. The van der Waals surface area contributed by atoms with Crippen molar-refractivity contribution in [1.29, 1.82) is 0 Å². The van der Waals surface area contributed by atoms with E-state index in [-0.39, 0.29) is 32.0 Å². The Bertz CT molecular complexity index is 1450. The van der Waals surface area contributed by atoms with E-state index in [4.69, 9.17) is 18.5 Å². The molecule has 0 spiro atoms. The van der Waals surface area contributed by atoms with Gasteiger partial charge in [0, 0.05) is 12.8 Å². The fraction of sp³-hybridized carbons (Fsp3) is 0.918. The van der Waals surface area contributed by atoms with Gasteiger partial charge in [-0.1, -0.05) is 346 Å². The van der Waals surface area contributed by atoms with Crippen LogP contribution < -0.4 is 4.89 Å².